The summed E-state index contributed by atoms with van der Waals surface area (Å²) in [5, 5.41) is 24.3. The van der Waals surface area contributed by atoms with Crippen LogP contribution >= 0.6 is 0 Å². The van der Waals surface area contributed by atoms with Crippen LogP contribution in [0.3, 0.4) is 0 Å². The van der Waals surface area contributed by atoms with Crippen molar-refractivity contribution in [3.63, 3.8) is 0 Å². The minimum Gasteiger partial charge on any atom is -0.388 e. The number of nitrogens with zero attached hydrogens (tertiary/aromatic N) is 3. The van der Waals surface area contributed by atoms with Gasteiger partial charge in [-0.1, -0.05) is 6.92 Å². The summed E-state index contributed by atoms with van der Waals surface area (Å²) in [5.74, 6) is 5.93. The standard InChI is InChI=1S/C12H20N6O3/c1-8-2-4-12(19,5-3-8)7-15-10-9(18(20)21)6-14-11(16-10)17-13/h6,8,19H,2-5,7,13H2,1H3,(H2,14,15,16,17). The fourth-order valence-corrected chi connectivity index (χ4v) is 2.43. The lowest BCUT2D eigenvalue weighted by molar-refractivity contribution is -0.384. The van der Waals surface area contributed by atoms with E-state index in [1.807, 2.05) is 0 Å². The number of aliphatic hydroxyl groups is 1. The molecule has 5 N–H and O–H groups in total. The molecule has 9 nitrogen and oxygen atoms in total. The summed E-state index contributed by atoms with van der Waals surface area (Å²) in [6.07, 6.45) is 4.31. The maximum absolute atomic E-state index is 11.0. The van der Waals surface area contributed by atoms with Crippen LogP contribution in [-0.4, -0.2) is 32.1 Å². The molecule has 0 unspecified atom stereocenters. The quantitative estimate of drug-likeness (QED) is 0.359. The van der Waals surface area contributed by atoms with Crippen molar-refractivity contribution in [2.75, 3.05) is 17.3 Å². The number of rotatable bonds is 5. The van der Waals surface area contributed by atoms with Crippen LogP contribution < -0.4 is 16.6 Å². The maximum atomic E-state index is 11.0. The van der Waals surface area contributed by atoms with Gasteiger partial charge in [0, 0.05) is 6.54 Å². The van der Waals surface area contributed by atoms with Gasteiger partial charge in [0.15, 0.2) is 0 Å². The number of hydrogen-bond acceptors (Lipinski definition) is 8. The highest BCUT2D eigenvalue weighted by Crippen LogP contribution is 2.32. The van der Waals surface area contributed by atoms with E-state index in [0.717, 1.165) is 19.0 Å². The Morgan fingerprint density at radius 1 is 1.57 bits per heavy atom. The van der Waals surface area contributed by atoms with Gasteiger partial charge < -0.3 is 10.4 Å². The molecule has 116 valence electrons. The van der Waals surface area contributed by atoms with Gasteiger partial charge in [0.05, 0.1) is 10.5 Å². The Balaban J connectivity index is 2.09. The third-order valence-corrected chi connectivity index (χ3v) is 3.89. The van der Waals surface area contributed by atoms with E-state index in [1.54, 1.807) is 0 Å². The van der Waals surface area contributed by atoms with Crippen LogP contribution in [0.1, 0.15) is 32.6 Å². The van der Waals surface area contributed by atoms with Crippen molar-refractivity contribution in [1.29, 1.82) is 0 Å². The smallest absolute Gasteiger partial charge is 0.329 e. The van der Waals surface area contributed by atoms with Crippen molar-refractivity contribution in [2.24, 2.45) is 11.8 Å². The van der Waals surface area contributed by atoms with Crippen molar-refractivity contribution in [3.8, 4) is 0 Å². The molecule has 0 aliphatic heterocycles. The zero-order chi connectivity index (χ0) is 15.5. The zero-order valence-electron chi connectivity index (χ0n) is 11.9. The second-order valence-electron chi connectivity index (χ2n) is 5.59. The maximum Gasteiger partial charge on any atom is 0.329 e. The first-order chi connectivity index (χ1) is 9.93. The minimum absolute atomic E-state index is 0.0509. The molecule has 2 rings (SSSR count). The summed E-state index contributed by atoms with van der Waals surface area (Å²) >= 11 is 0. The molecule has 9 heteroatoms. The zero-order valence-corrected chi connectivity index (χ0v) is 11.9. The third kappa shape index (κ3) is 3.76. The van der Waals surface area contributed by atoms with E-state index in [-0.39, 0.29) is 24.0 Å². The Morgan fingerprint density at radius 2 is 2.24 bits per heavy atom. The Morgan fingerprint density at radius 3 is 2.81 bits per heavy atom. The van der Waals surface area contributed by atoms with E-state index in [1.165, 1.54) is 0 Å². The lowest BCUT2D eigenvalue weighted by Crippen LogP contribution is -2.40. The Labute approximate surface area is 122 Å². The monoisotopic (exact) mass is 296 g/mol. The van der Waals surface area contributed by atoms with Crippen molar-refractivity contribution >= 4 is 17.5 Å². The van der Waals surface area contributed by atoms with Gasteiger partial charge >= 0.3 is 5.69 Å². The molecule has 1 aliphatic rings. The van der Waals surface area contributed by atoms with Crippen LogP contribution in [0.2, 0.25) is 0 Å². The highest BCUT2D eigenvalue weighted by molar-refractivity contribution is 5.56. The fourth-order valence-electron chi connectivity index (χ4n) is 2.43. The Kier molecular flexibility index (Phi) is 4.53. The molecule has 1 heterocycles. The number of aromatic nitrogens is 2. The lowest BCUT2D eigenvalue weighted by atomic mass is 9.79. The van der Waals surface area contributed by atoms with Gasteiger partial charge in [0.2, 0.25) is 11.8 Å². The molecule has 0 atom stereocenters. The molecule has 1 saturated carbocycles. The summed E-state index contributed by atoms with van der Waals surface area (Å²) in [4.78, 5) is 18.0. The van der Waals surface area contributed by atoms with Gasteiger partial charge in [0.25, 0.3) is 0 Å². The minimum atomic E-state index is -0.859. The number of nitrogen functional groups attached to an aromatic ring is 1. The van der Waals surface area contributed by atoms with E-state index in [0.29, 0.717) is 18.8 Å². The summed E-state index contributed by atoms with van der Waals surface area (Å²) in [6, 6.07) is 0. The molecule has 0 spiro atoms. The Bertz CT molecular complexity index is 516. The highest BCUT2D eigenvalue weighted by atomic mass is 16.6. The van der Waals surface area contributed by atoms with Crippen LogP contribution in [0.25, 0.3) is 0 Å². The van der Waals surface area contributed by atoms with E-state index >= 15 is 0 Å². The number of nitrogens with two attached hydrogens (primary N) is 1. The molecular formula is C12H20N6O3. The van der Waals surface area contributed by atoms with Crippen LogP contribution in [0.15, 0.2) is 6.20 Å². The summed E-state index contributed by atoms with van der Waals surface area (Å²) < 4.78 is 0. The average molecular weight is 296 g/mol. The van der Waals surface area contributed by atoms with Gasteiger partial charge in [-0.05, 0) is 31.6 Å². The summed E-state index contributed by atoms with van der Waals surface area (Å²) in [5.41, 5.74) is 1.13. The van der Waals surface area contributed by atoms with Crippen molar-refractivity contribution in [1.82, 2.24) is 9.97 Å². The molecule has 0 saturated heterocycles. The van der Waals surface area contributed by atoms with Crippen LogP contribution in [0.5, 0.6) is 0 Å². The molecular weight excluding hydrogens is 276 g/mol. The van der Waals surface area contributed by atoms with Crippen LogP contribution in [0.4, 0.5) is 17.5 Å². The molecule has 0 radical (unpaired) electrons. The predicted molar refractivity (Wildman–Crippen MR) is 77.6 cm³/mol. The highest BCUT2D eigenvalue weighted by Gasteiger charge is 2.32. The fraction of sp³-hybridized carbons (Fsp3) is 0.667. The molecule has 1 aromatic heterocycles. The Hall–Kier alpha value is -2.00. The number of hydrazine groups is 1. The number of nitro groups is 1. The normalized spacial score (nSPS) is 25.4. The van der Waals surface area contributed by atoms with E-state index in [2.05, 4.69) is 27.6 Å². The lowest BCUT2D eigenvalue weighted by Gasteiger charge is -2.35. The average Bonchev–Trinajstić information content (AvgIpc) is 2.48. The van der Waals surface area contributed by atoms with Gasteiger partial charge in [0.1, 0.15) is 6.20 Å². The van der Waals surface area contributed by atoms with Gasteiger partial charge in [-0.3, -0.25) is 15.5 Å². The summed E-state index contributed by atoms with van der Waals surface area (Å²) in [6.45, 7) is 2.36. The first-order valence-electron chi connectivity index (χ1n) is 6.88. The predicted octanol–water partition coefficient (Wildman–Crippen LogP) is 1.02. The SMILES string of the molecule is CC1CCC(O)(CNc2nc(NN)ncc2[N+](=O)[O-])CC1. The van der Waals surface area contributed by atoms with Crippen molar-refractivity contribution in [2.45, 2.75) is 38.2 Å². The van der Waals surface area contributed by atoms with Gasteiger partial charge in [-0.2, -0.15) is 4.98 Å². The van der Waals surface area contributed by atoms with E-state index in [9.17, 15) is 15.2 Å². The topological polar surface area (TPSA) is 139 Å². The van der Waals surface area contributed by atoms with Crippen molar-refractivity contribution < 1.29 is 10.0 Å². The largest absolute Gasteiger partial charge is 0.388 e. The molecule has 1 aromatic rings. The second-order valence-corrected chi connectivity index (χ2v) is 5.59. The first-order valence-corrected chi connectivity index (χ1v) is 6.88. The van der Waals surface area contributed by atoms with E-state index < -0.39 is 10.5 Å². The van der Waals surface area contributed by atoms with Gasteiger partial charge in [-0.15, -0.1) is 0 Å². The van der Waals surface area contributed by atoms with Crippen molar-refractivity contribution in [3.05, 3.63) is 16.3 Å². The van der Waals surface area contributed by atoms with Crippen LogP contribution in [0, 0.1) is 16.0 Å². The number of hydrogen-bond donors (Lipinski definition) is 4. The molecule has 0 aromatic carbocycles. The molecule has 0 bridgehead atoms. The third-order valence-electron chi connectivity index (χ3n) is 3.89. The van der Waals surface area contributed by atoms with Gasteiger partial charge in [-0.25, -0.2) is 10.8 Å². The molecule has 1 aliphatic carbocycles. The molecule has 21 heavy (non-hydrogen) atoms. The number of nitrogens with one attached hydrogen (secondary N) is 2. The summed E-state index contributed by atoms with van der Waals surface area (Å²) in [7, 11) is 0. The first kappa shape index (κ1) is 15.4. The second kappa shape index (κ2) is 6.19. The van der Waals surface area contributed by atoms with Crippen LogP contribution in [-0.2, 0) is 0 Å². The van der Waals surface area contributed by atoms with E-state index in [4.69, 9.17) is 5.84 Å². The molecule has 0 amide bonds. The number of anilines is 2. The molecule has 1 fully saturated rings.